The topological polar surface area (TPSA) is 162 Å². The highest BCUT2D eigenvalue weighted by Crippen LogP contribution is 2.37. The average Bonchev–Trinajstić information content (AvgIpc) is 3.89. The molecule has 394 valence electrons. The Morgan fingerprint density at radius 1 is 0.676 bits per heavy atom. The highest BCUT2D eigenvalue weighted by molar-refractivity contribution is 9.10. The maximum atomic E-state index is 13.0. The third-order valence-corrected chi connectivity index (χ3v) is 13.1. The lowest BCUT2D eigenvalue weighted by atomic mass is 9.79. The van der Waals surface area contributed by atoms with Gasteiger partial charge in [0.1, 0.15) is 35.1 Å². The second kappa shape index (κ2) is 22.3. The van der Waals surface area contributed by atoms with Crippen LogP contribution in [-0.2, 0) is 31.9 Å². The molecule has 20 heteroatoms. The molecule has 4 amide bonds. The fraction of sp³-hybridized carbons (Fsp3) is 0.407. The van der Waals surface area contributed by atoms with E-state index in [4.69, 9.17) is 53.6 Å². The Labute approximate surface area is 450 Å². The summed E-state index contributed by atoms with van der Waals surface area (Å²) in [5.41, 5.74) is 2.28. The lowest BCUT2D eigenvalue weighted by Crippen LogP contribution is -2.51. The molecule has 0 saturated carbocycles. The van der Waals surface area contributed by atoms with Crippen LogP contribution in [-0.4, -0.2) is 102 Å². The molecule has 0 unspecified atom stereocenters. The minimum atomic E-state index is -0.944. The van der Waals surface area contributed by atoms with E-state index in [2.05, 4.69) is 26.6 Å². The summed E-state index contributed by atoms with van der Waals surface area (Å²) in [4.78, 5) is 50.9. The minimum absolute atomic E-state index is 0.0128. The molecule has 14 nitrogen and oxygen atoms in total. The maximum absolute atomic E-state index is 13.0. The maximum Gasteiger partial charge on any atom is 0.494 e. The molecule has 4 aromatic carbocycles. The van der Waals surface area contributed by atoms with Crippen LogP contribution >= 0.6 is 39.1 Å². The van der Waals surface area contributed by atoms with Crippen molar-refractivity contribution in [2.45, 2.75) is 117 Å². The van der Waals surface area contributed by atoms with Crippen molar-refractivity contribution in [3.05, 3.63) is 122 Å². The number of ether oxygens (including phenoxy) is 2. The van der Waals surface area contributed by atoms with Crippen LogP contribution in [0.3, 0.4) is 0 Å². The molecule has 0 aliphatic carbocycles. The van der Waals surface area contributed by atoms with Gasteiger partial charge in [-0.3, -0.25) is 9.59 Å². The van der Waals surface area contributed by atoms with Crippen LogP contribution in [0.25, 0.3) is 33.1 Å². The van der Waals surface area contributed by atoms with Crippen molar-refractivity contribution in [1.29, 1.82) is 0 Å². The van der Waals surface area contributed by atoms with E-state index in [0.717, 1.165) is 21.1 Å². The normalized spacial score (nSPS) is 16.7. The van der Waals surface area contributed by atoms with Crippen molar-refractivity contribution in [2.75, 3.05) is 26.2 Å². The zero-order chi connectivity index (χ0) is 55.8. The summed E-state index contributed by atoms with van der Waals surface area (Å²) in [5, 5.41) is 6.99. The zero-order valence-corrected chi connectivity index (χ0v) is 45.9. The number of carbonyl (C=O) groups excluding carboxylic acids is 4. The van der Waals surface area contributed by atoms with E-state index >= 15 is 0 Å². The van der Waals surface area contributed by atoms with Crippen LogP contribution in [0.15, 0.2) is 98.2 Å². The average molecular weight is 1130 g/mol. The van der Waals surface area contributed by atoms with Crippen molar-refractivity contribution in [3.63, 3.8) is 0 Å². The number of alkyl halides is 2. The highest BCUT2D eigenvalue weighted by atomic mass is 79.9. The number of fused-ring (bicyclic) bond motifs is 2. The molecule has 3 aliphatic rings. The number of benzene rings is 4. The first kappa shape index (κ1) is 53.2. The Morgan fingerprint density at radius 2 is 1.08 bits per heavy atom. The molecule has 2 aromatic heterocycles. The largest absolute Gasteiger partial charge is 0.494 e. The van der Waals surface area contributed by atoms with Gasteiger partial charge in [-0.05, 0) is 146 Å². The van der Waals surface area contributed by atoms with E-state index in [9.17, 15) is 28.0 Å². The standard InChI is InChI=1S/C24H24ClFN2O4.C16H21BFNO3.C14H15BrClNO3/c1-24(2,3)32-23(30)27-11-19-9-17-8-16(10-20(25)21(17)31-19)14-4-6-15(7-5-14)22(29)28-12-18(26)13-28;1-15(2)16(3,4)22-17(21-15)12-7-5-11(6-8-12)14(20)19-9-13(18)10-19;1-14(2,3)20-13(18)17-7-10-5-8-4-9(15)6-11(16)12(8)19-10/h4-10,18H,11-13H2,1-3H3,(H,27,30);5-8,13H,9-10H2,1-4H3;4-6H,7H2,1-3H3,(H,17,18)/i9D;;5D. The molecule has 6 aromatic rings. The molecule has 3 aliphatic heterocycles. The number of hydrogen-bond acceptors (Lipinski definition) is 10. The monoisotopic (exact) mass is 1120 g/mol. The summed E-state index contributed by atoms with van der Waals surface area (Å²) in [5.74, 6) is 0.260. The molecule has 3 fully saturated rings. The summed E-state index contributed by atoms with van der Waals surface area (Å²) in [6.45, 7) is 19.3. The van der Waals surface area contributed by atoms with Gasteiger partial charge in [-0.25, -0.2) is 18.4 Å². The first-order chi connectivity index (χ1) is 35.4. The van der Waals surface area contributed by atoms with Crippen LogP contribution in [0.5, 0.6) is 0 Å². The van der Waals surface area contributed by atoms with Crippen molar-refractivity contribution >= 4 is 97.7 Å². The lowest BCUT2D eigenvalue weighted by Gasteiger charge is -2.34. The lowest BCUT2D eigenvalue weighted by molar-refractivity contribution is 0.00578. The van der Waals surface area contributed by atoms with Gasteiger partial charge in [0.2, 0.25) is 0 Å². The van der Waals surface area contributed by atoms with Crippen LogP contribution in [0.4, 0.5) is 18.4 Å². The van der Waals surface area contributed by atoms with E-state index in [0.29, 0.717) is 48.9 Å². The summed E-state index contributed by atoms with van der Waals surface area (Å²) in [7, 11) is -0.437. The smallest absolute Gasteiger partial charge is 0.458 e. The third-order valence-electron chi connectivity index (χ3n) is 12.0. The summed E-state index contributed by atoms with van der Waals surface area (Å²) >= 11 is 15.8. The van der Waals surface area contributed by atoms with Crippen molar-refractivity contribution in [2.24, 2.45) is 0 Å². The molecule has 2 N–H and O–H groups in total. The molecule has 5 heterocycles. The number of halogens is 5. The van der Waals surface area contributed by atoms with Gasteiger partial charge in [-0.1, -0.05) is 63.4 Å². The fourth-order valence-corrected chi connectivity index (χ4v) is 8.62. The predicted octanol–water partition coefficient (Wildman–Crippen LogP) is 12.2. The number of likely N-dealkylation sites (tertiary alicyclic amines) is 2. The zero-order valence-electron chi connectivity index (χ0n) is 44.8. The summed E-state index contributed by atoms with van der Waals surface area (Å²) in [6, 6.07) is 21.4. The van der Waals surface area contributed by atoms with E-state index in [1.807, 2.05) is 39.8 Å². The van der Waals surface area contributed by atoms with Gasteiger partial charge in [0.25, 0.3) is 11.8 Å². The van der Waals surface area contributed by atoms with Gasteiger partial charge in [0.05, 0.1) is 63.3 Å². The van der Waals surface area contributed by atoms with Crippen molar-refractivity contribution < 1.29 is 58.3 Å². The molecule has 74 heavy (non-hydrogen) atoms. The van der Waals surface area contributed by atoms with Gasteiger partial charge in [0.15, 0.2) is 11.2 Å². The van der Waals surface area contributed by atoms with Gasteiger partial charge in [-0.2, -0.15) is 0 Å². The molecule has 0 radical (unpaired) electrons. The number of furan rings is 2. The molecular weight excluding hydrogens is 1060 g/mol. The van der Waals surface area contributed by atoms with Crippen molar-refractivity contribution in [3.8, 4) is 11.1 Å². The Kier molecular flexibility index (Phi) is 16.0. The van der Waals surface area contributed by atoms with Gasteiger partial charge in [-0.15, -0.1) is 0 Å². The first-order valence-corrected chi connectivity index (χ1v) is 25.4. The van der Waals surface area contributed by atoms with Gasteiger partial charge >= 0.3 is 19.3 Å². The Bertz CT molecular complexity index is 3120. The van der Waals surface area contributed by atoms with Crippen molar-refractivity contribution in [1.82, 2.24) is 20.4 Å². The summed E-state index contributed by atoms with van der Waals surface area (Å²) < 4.78 is 76.7. The molecule has 0 spiro atoms. The highest BCUT2D eigenvalue weighted by Gasteiger charge is 2.51. The number of carbonyl (C=O) groups is 4. The Balaban J connectivity index is 0.000000172. The molecule has 0 atom stereocenters. The van der Waals surface area contributed by atoms with Crippen LogP contribution in [0, 0.1) is 0 Å². The van der Waals surface area contributed by atoms with E-state index in [1.54, 1.807) is 102 Å². The number of rotatable bonds is 8. The van der Waals surface area contributed by atoms with Crippen LogP contribution < -0.4 is 16.1 Å². The van der Waals surface area contributed by atoms with E-state index in [1.165, 1.54) is 9.80 Å². The second-order valence-corrected chi connectivity index (χ2v) is 22.7. The third kappa shape index (κ3) is 14.2. The number of nitrogens with one attached hydrogen (secondary N) is 2. The number of amides is 4. The number of nitrogens with zero attached hydrogens (tertiary/aromatic N) is 2. The second-order valence-electron chi connectivity index (χ2n) is 21.0. The first-order valence-electron chi connectivity index (χ1n) is 24.8. The van der Waals surface area contributed by atoms with E-state index < -0.39 is 42.9 Å². The SMILES string of the molecule is CC1(C)OB(c2ccc(C(=O)N3CC(F)C3)cc2)OC1(C)C.[2H]c1c(CNC(=O)OC(C)(C)C)oc2c(Cl)cc(-c3ccc(C(=O)N4CC(F)C4)cc3)cc12.[2H]c1c(CNC(=O)OC(C)(C)C)oc2c(Cl)cc(Br)cc12. The minimum Gasteiger partial charge on any atom is -0.458 e. The molecule has 0 bridgehead atoms. The van der Waals surface area contributed by atoms with Crippen LogP contribution in [0.2, 0.25) is 10.0 Å². The molecule has 3 saturated heterocycles. The van der Waals surface area contributed by atoms with Gasteiger partial charge in [0, 0.05) is 26.4 Å². The quantitative estimate of drug-likeness (QED) is 0.140. The Morgan fingerprint density at radius 3 is 1.50 bits per heavy atom. The fourth-order valence-electron chi connectivity index (χ4n) is 7.52. The van der Waals surface area contributed by atoms with Crippen LogP contribution in [0.1, 0.15) is 104 Å². The van der Waals surface area contributed by atoms with E-state index in [-0.39, 0.29) is 80.1 Å². The summed E-state index contributed by atoms with van der Waals surface area (Å²) in [6.07, 6.45) is -2.99. The number of hydrogen-bond donors (Lipinski definition) is 2. The Hall–Kier alpha value is -5.66. The number of alkyl carbamates (subject to hydrolysis) is 2. The van der Waals surface area contributed by atoms with Gasteiger partial charge < -0.3 is 48.1 Å². The molecule has 9 rings (SSSR count). The predicted molar refractivity (Wildman–Crippen MR) is 285 cm³/mol. The molecular formula is C54H60BBrCl2F2N4O10.